The molecule has 3 N–H and O–H groups in total. The van der Waals surface area contributed by atoms with Crippen molar-refractivity contribution in [3.05, 3.63) is 98.9 Å². The quantitative estimate of drug-likeness (QED) is 0.367. The summed E-state index contributed by atoms with van der Waals surface area (Å²) in [6, 6.07) is 16.7. The first-order chi connectivity index (χ1) is 17.3. The molecule has 0 fully saturated rings. The van der Waals surface area contributed by atoms with Crippen LogP contribution in [0.15, 0.2) is 87.6 Å². The molecule has 1 unspecified atom stereocenters. The largest absolute Gasteiger partial charge is 0.460 e. The maximum atomic E-state index is 13.6. The summed E-state index contributed by atoms with van der Waals surface area (Å²) in [6.45, 7) is 1.79. The van der Waals surface area contributed by atoms with Gasteiger partial charge in [0.25, 0.3) is 10.8 Å². The maximum absolute atomic E-state index is 13.6. The number of furan rings is 1. The van der Waals surface area contributed by atoms with Crippen molar-refractivity contribution in [2.45, 2.75) is 32.1 Å². The lowest BCUT2D eigenvalue weighted by Crippen LogP contribution is -2.35. The minimum absolute atomic E-state index is 0.0146. The predicted molar refractivity (Wildman–Crippen MR) is 134 cm³/mol. The van der Waals surface area contributed by atoms with E-state index in [9.17, 15) is 19.7 Å². The fourth-order valence-corrected chi connectivity index (χ4v) is 5.01. The minimum Gasteiger partial charge on any atom is -0.460 e. The van der Waals surface area contributed by atoms with Gasteiger partial charge in [-0.05, 0) is 50.1 Å². The molecule has 0 spiro atoms. The molecule has 1 aromatic heterocycles. The van der Waals surface area contributed by atoms with Crippen LogP contribution in [0.5, 0.6) is 0 Å². The van der Waals surface area contributed by atoms with Gasteiger partial charge in [-0.15, -0.1) is 0 Å². The monoisotopic (exact) mass is 504 g/mol. The summed E-state index contributed by atoms with van der Waals surface area (Å²) in [5, 5.41) is 16.0. The van der Waals surface area contributed by atoms with Crippen LogP contribution in [0.3, 0.4) is 0 Å². The zero-order valence-electron chi connectivity index (χ0n) is 19.4. The number of ketones is 1. The summed E-state index contributed by atoms with van der Waals surface area (Å²) in [5.41, 5.74) is 3.07. The van der Waals surface area contributed by atoms with Gasteiger partial charge in [-0.1, -0.05) is 35.9 Å². The van der Waals surface area contributed by atoms with Gasteiger partial charge in [0.2, 0.25) is 0 Å². The molecule has 0 saturated heterocycles. The lowest BCUT2D eigenvalue weighted by Gasteiger charge is -2.33. The van der Waals surface area contributed by atoms with Gasteiger partial charge in [-0.2, -0.15) is 0 Å². The average molecular weight is 505 g/mol. The van der Waals surface area contributed by atoms with Gasteiger partial charge in [0, 0.05) is 29.5 Å². The standard InChI is InChI=1S/C27H22ClN3O5/c1-15-24(27(33)30-18-9-4-3-8-17(18)28)26(25-19(29-15)10-6-12-21(25)32)23-14-13-22(36-23)16-7-2-5-11-20(16)31(34)35/h2-5,7-9,11,13-14,26H,6,10,12H2,1H3,(H2-,29,30,32,33,34,35)/p+1. The number of hydrogen-bond acceptors (Lipinski definition) is 5. The van der Waals surface area contributed by atoms with Crippen molar-refractivity contribution in [1.29, 1.82) is 0 Å². The number of benzene rings is 2. The number of para-hydroxylation sites is 2. The summed E-state index contributed by atoms with van der Waals surface area (Å²) in [5.74, 6) is -0.521. The highest BCUT2D eigenvalue weighted by molar-refractivity contribution is 6.34. The van der Waals surface area contributed by atoms with Gasteiger partial charge in [0.1, 0.15) is 11.5 Å². The summed E-state index contributed by atoms with van der Waals surface area (Å²) in [7, 11) is 0. The second-order valence-electron chi connectivity index (χ2n) is 8.69. The maximum Gasteiger partial charge on any atom is 0.327 e. The molecular formula is C27H23ClN3O5+. The van der Waals surface area contributed by atoms with E-state index in [1.807, 2.05) is 0 Å². The highest BCUT2D eigenvalue weighted by atomic mass is 35.5. The Bertz CT molecular complexity index is 1470. The Morgan fingerprint density at radius 2 is 1.86 bits per heavy atom. The van der Waals surface area contributed by atoms with Crippen LogP contribution < -0.4 is 10.6 Å². The van der Waals surface area contributed by atoms with Crippen molar-refractivity contribution in [2.75, 3.05) is 5.32 Å². The SMILES string of the molecule is CC1=C(C(=O)Nc2ccccc2Cl)C(c2ccc(-c3ccccc3[N+](=O)O)o2)C2=C(CCCC2=O)N1. The number of anilines is 1. The molecular weight excluding hydrogens is 482 g/mol. The molecule has 8 nitrogen and oxygen atoms in total. The summed E-state index contributed by atoms with van der Waals surface area (Å²) in [4.78, 5) is 38.2. The number of hydrogen-bond donors (Lipinski definition) is 3. The van der Waals surface area contributed by atoms with Crippen molar-refractivity contribution >= 4 is 34.7 Å². The van der Waals surface area contributed by atoms with Crippen LogP contribution in [-0.4, -0.2) is 21.8 Å². The smallest absolute Gasteiger partial charge is 0.327 e. The van der Waals surface area contributed by atoms with E-state index in [1.54, 1.807) is 61.5 Å². The van der Waals surface area contributed by atoms with Gasteiger partial charge in [0.15, 0.2) is 5.78 Å². The van der Waals surface area contributed by atoms with Crippen LogP contribution in [0, 0.1) is 4.91 Å². The third-order valence-corrected chi connectivity index (χ3v) is 6.76. The molecule has 1 amide bonds. The highest BCUT2D eigenvalue weighted by Crippen LogP contribution is 2.44. The number of carbonyl (C=O) groups is 2. The molecule has 36 heavy (non-hydrogen) atoms. The van der Waals surface area contributed by atoms with Gasteiger partial charge in [0.05, 0.1) is 32.7 Å². The number of rotatable bonds is 5. The van der Waals surface area contributed by atoms with Crippen LogP contribution in [0.25, 0.3) is 11.3 Å². The first-order valence-electron chi connectivity index (χ1n) is 11.5. The zero-order valence-corrected chi connectivity index (χ0v) is 20.1. The molecule has 2 aromatic carbocycles. The second-order valence-corrected chi connectivity index (χ2v) is 9.10. The highest BCUT2D eigenvalue weighted by Gasteiger charge is 2.40. The molecule has 1 atom stereocenters. The van der Waals surface area contributed by atoms with Crippen molar-refractivity contribution in [3.8, 4) is 11.3 Å². The van der Waals surface area contributed by atoms with Crippen LogP contribution in [-0.2, 0) is 9.59 Å². The first-order valence-corrected chi connectivity index (χ1v) is 11.9. The molecule has 0 saturated carbocycles. The van der Waals surface area contributed by atoms with Gasteiger partial charge < -0.3 is 15.1 Å². The van der Waals surface area contributed by atoms with E-state index in [0.717, 1.165) is 12.1 Å². The van der Waals surface area contributed by atoms with Crippen molar-refractivity contribution in [1.82, 2.24) is 5.32 Å². The summed E-state index contributed by atoms with van der Waals surface area (Å²) in [6.07, 6.45) is 1.78. The molecule has 2 aliphatic rings. The van der Waals surface area contributed by atoms with Crippen molar-refractivity contribution < 1.29 is 24.1 Å². The number of nitrogens with one attached hydrogen (secondary N) is 2. The lowest BCUT2D eigenvalue weighted by molar-refractivity contribution is -0.729. The van der Waals surface area contributed by atoms with Crippen molar-refractivity contribution in [3.63, 3.8) is 0 Å². The van der Waals surface area contributed by atoms with E-state index in [1.165, 1.54) is 6.07 Å². The van der Waals surface area contributed by atoms with E-state index >= 15 is 0 Å². The predicted octanol–water partition coefficient (Wildman–Crippen LogP) is 6.01. The fourth-order valence-electron chi connectivity index (χ4n) is 4.82. The normalized spacial score (nSPS) is 17.5. The Labute approximate surface area is 211 Å². The number of dihydropyridines is 1. The summed E-state index contributed by atoms with van der Waals surface area (Å²) >= 11 is 6.26. The van der Waals surface area contributed by atoms with Crippen LogP contribution >= 0.6 is 11.6 Å². The van der Waals surface area contributed by atoms with E-state index in [-0.39, 0.29) is 16.4 Å². The zero-order chi connectivity index (χ0) is 25.4. The number of Topliss-reactive ketones (excluding diaryl/α,β-unsaturated/α-hetero) is 1. The van der Waals surface area contributed by atoms with E-state index < -0.39 is 11.8 Å². The Morgan fingerprint density at radius 1 is 1.11 bits per heavy atom. The third kappa shape index (κ3) is 4.20. The number of halogens is 1. The Kier molecular flexibility index (Phi) is 6.20. The number of carbonyl (C=O) groups excluding carboxylic acids is 2. The summed E-state index contributed by atoms with van der Waals surface area (Å²) < 4.78 is 6.17. The van der Waals surface area contributed by atoms with Crippen LogP contribution in [0.2, 0.25) is 5.02 Å². The topological polar surface area (TPSA) is 112 Å². The Hall–Kier alpha value is -4.17. The Morgan fingerprint density at radius 3 is 2.64 bits per heavy atom. The molecule has 3 aromatic rings. The van der Waals surface area contributed by atoms with Gasteiger partial charge in [-0.3, -0.25) is 9.59 Å². The van der Waals surface area contributed by atoms with E-state index in [0.29, 0.717) is 57.5 Å². The van der Waals surface area contributed by atoms with E-state index in [4.69, 9.17) is 16.0 Å². The fraction of sp³-hybridized carbons (Fsp3) is 0.185. The van der Waals surface area contributed by atoms with Crippen LogP contribution in [0.4, 0.5) is 11.4 Å². The Balaban J connectivity index is 1.60. The number of allylic oxidation sites excluding steroid dienone is 3. The third-order valence-electron chi connectivity index (χ3n) is 6.43. The van der Waals surface area contributed by atoms with E-state index in [2.05, 4.69) is 10.6 Å². The molecule has 0 bridgehead atoms. The minimum atomic E-state index is -0.755. The second kappa shape index (κ2) is 9.47. The van der Waals surface area contributed by atoms with Gasteiger partial charge in [-0.25, -0.2) is 5.21 Å². The van der Waals surface area contributed by atoms with Gasteiger partial charge >= 0.3 is 5.69 Å². The number of amides is 1. The molecule has 9 heteroatoms. The lowest BCUT2D eigenvalue weighted by atomic mass is 9.77. The first kappa shape index (κ1) is 23.6. The molecule has 1 aliphatic carbocycles. The average Bonchev–Trinajstić information content (AvgIpc) is 3.34. The number of nitrogens with zero attached hydrogens (tertiary/aromatic N) is 1. The molecule has 5 rings (SSSR count). The van der Waals surface area contributed by atoms with Crippen LogP contribution in [0.1, 0.15) is 37.9 Å². The molecule has 182 valence electrons. The van der Waals surface area contributed by atoms with Crippen molar-refractivity contribution in [2.24, 2.45) is 0 Å². The molecule has 1 aliphatic heterocycles. The molecule has 0 radical (unpaired) electrons. The molecule has 2 heterocycles.